The van der Waals surface area contributed by atoms with E-state index in [9.17, 15) is 13.2 Å². The van der Waals surface area contributed by atoms with E-state index >= 15 is 0 Å². The maximum Gasteiger partial charge on any atom is 0.322 e. The number of rotatable bonds is 8. The van der Waals surface area contributed by atoms with E-state index in [-0.39, 0.29) is 11.4 Å². The molecule has 0 unspecified atom stereocenters. The summed E-state index contributed by atoms with van der Waals surface area (Å²) in [4.78, 5) is 11.2. The number of carboxylic acids is 1. The van der Waals surface area contributed by atoms with Crippen molar-refractivity contribution >= 4 is 16.0 Å². The van der Waals surface area contributed by atoms with E-state index in [0.29, 0.717) is 38.4 Å². The zero-order valence-corrected chi connectivity index (χ0v) is 13.8. The van der Waals surface area contributed by atoms with Crippen LogP contribution in [-0.2, 0) is 19.6 Å². The first kappa shape index (κ1) is 17.7. The zero-order chi connectivity index (χ0) is 16.9. The molecule has 0 saturated carbocycles. The first-order valence-corrected chi connectivity index (χ1v) is 8.96. The molecule has 1 fully saturated rings. The Morgan fingerprint density at radius 3 is 2.61 bits per heavy atom. The number of carbonyl (C=O) groups is 1. The molecule has 0 radical (unpaired) electrons. The normalized spacial score (nSPS) is 18.9. The van der Waals surface area contributed by atoms with E-state index in [1.165, 1.54) is 12.1 Å². The average molecular weight is 343 g/mol. The number of benzene rings is 1. The van der Waals surface area contributed by atoms with E-state index in [4.69, 9.17) is 14.6 Å². The molecule has 23 heavy (non-hydrogen) atoms. The predicted molar refractivity (Wildman–Crippen MR) is 83.0 cm³/mol. The molecule has 0 aliphatic carbocycles. The topological polar surface area (TPSA) is 93.1 Å². The molecule has 0 amide bonds. The van der Waals surface area contributed by atoms with Crippen molar-refractivity contribution in [3.63, 3.8) is 0 Å². The van der Waals surface area contributed by atoms with E-state index in [2.05, 4.69) is 0 Å². The highest BCUT2D eigenvalue weighted by molar-refractivity contribution is 7.89. The molecule has 1 N–H and O–H groups in total. The summed E-state index contributed by atoms with van der Waals surface area (Å²) >= 11 is 0. The van der Waals surface area contributed by atoms with Gasteiger partial charge in [0.25, 0.3) is 0 Å². The molecule has 1 aliphatic rings. The zero-order valence-electron chi connectivity index (χ0n) is 13.0. The standard InChI is InChI=1S/C15H21NO6S/c1-2-21-10-11-22-12-5-7-13(8-6-12)23(19,20)16-9-3-4-14(16)15(17)18/h5-8,14H,2-4,9-11H2,1H3,(H,17,18)/t14-/m1/s1. The molecule has 1 saturated heterocycles. The molecule has 1 heterocycles. The number of carboxylic acid groups (broad SMARTS) is 1. The molecule has 0 bridgehead atoms. The van der Waals surface area contributed by atoms with Gasteiger partial charge in [-0.15, -0.1) is 0 Å². The average Bonchev–Trinajstić information content (AvgIpc) is 3.03. The number of hydrogen-bond acceptors (Lipinski definition) is 5. The highest BCUT2D eigenvalue weighted by Crippen LogP contribution is 2.27. The van der Waals surface area contributed by atoms with E-state index in [0.717, 1.165) is 4.31 Å². The van der Waals surface area contributed by atoms with Gasteiger partial charge in [-0.3, -0.25) is 4.79 Å². The first-order valence-electron chi connectivity index (χ1n) is 7.52. The number of hydrogen-bond donors (Lipinski definition) is 1. The lowest BCUT2D eigenvalue weighted by Gasteiger charge is -2.21. The fourth-order valence-electron chi connectivity index (χ4n) is 2.48. The van der Waals surface area contributed by atoms with Gasteiger partial charge in [-0.1, -0.05) is 0 Å². The molecule has 8 heteroatoms. The molecular formula is C15H21NO6S. The van der Waals surface area contributed by atoms with Gasteiger partial charge in [0.2, 0.25) is 10.0 Å². The summed E-state index contributed by atoms with van der Waals surface area (Å²) in [6, 6.07) is 5.00. The van der Waals surface area contributed by atoms with E-state index in [1.807, 2.05) is 6.92 Å². The lowest BCUT2D eigenvalue weighted by atomic mass is 10.2. The van der Waals surface area contributed by atoms with Gasteiger partial charge < -0.3 is 14.6 Å². The second kappa shape index (κ2) is 7.76. The van der Waals surface area contributed by atoms with Crippen molar-refractivity contribution in [2.45, 2.75) is 30.7 Å². The summed E-state index contributed by atoms with van der Waals surface area (Å²) in [5.74, 6) is -0.568. The lowest BCUT2D eigenvalue weighted by molar-refractivity contribution is -0.140. The first-order chi connectivity index (χ1) is 11.0. The Morgan fingerprint density at radius 2 is 2.00 bits per heavy atom. The van der Waals surface area contributed by atoms with Gasteiger partial charge in [0.05, 0.1) is 11.5 Å². The van der Waals surface area contributed by atoms with Gasteiger partial charge in [-0.2, -0.15) is 4.31 Å². The predicted octanol–water partition coefficient (Wildman–Crippen LogP) is 1.34. The Labute approximate surface area is 135 Å². The number of sulfonamides is 1. The van der Waals surface area contributed by atoms with Crippen molar-refractivity contribution < 1.29 is 27.8 Å². The Hall–Kier alpha value is -1.64. The van der Waals surface area contributed by atoms with E-state index < -0.39 is 22.0 Å². The fourth-order valence-corrected chi connectivity index (χ4v) is 4.13. The smallest absolute Gasteiger partial charge is 0.322 e. The van der Waals surface area contributed by atoms with Crippen LogP contribution < -0.4 is 4.74 Å². The summed E-state index contributed by atoms with van der Waals surface area (Å²) in [5.41, 5.74) is 0. The third-order valence-electron chi connectivity index (χ3n) is 3.62. The van der Waals surface area contributed by atoms with Gasteiger partial charge in [0.15, 0.2) is 0 Å². The number of ether oxygens (including phenoxy) is 2. The van der Waals surface area contributed by atoms with Crippen molar-refractivity contribution in [2.24, 2.45) is 0 Å². The summed E-state index contributed by atoms with van der Waals surface area (Å²) in [6.45, 7) is 3.58. The van der Waals surface area contributed by atoms with Crippen molar-refractivity contribution in [2.75, 3.05) is 26.4 Å². The Morgan fingerprint density at radius 1 is 1.30 bits per heavy atom. The Kier molecular flexibility index (Phi) is 5.97. The second-order valence-electron chi connectivity index (χ2n) is 5.13. The Bertz CT molecular complexity index is 628. The van der Waals surface area contributed by atoms with Gasteiger partial charge >= 0.3 is 5.97 Å². The van der Waals surface area contributed by atoms with Crippen LogP contribution in [0.5, 0.6) is 5.75 Å². The number of nitrogens with zero attached hydrogens (tertiary/aromatic N) is 1. The number of aliphatic carboxylic acids is 1. The highest BCUT2D eigenvalue weighted by Gasteiger charge is 2.39. The van der Waals surface area contributed by atoms with Crippen molar-refractivity contribution in [1.82, 2.24) is 4.31 Å². The molecule has 7 nitrogen and oxygen atoms in total. The van der Waals surface area contributed by atoms with E-state index in [1.54, 1.807) is 12.1 Å². The van der Waals surface area contributed by atoms with Crippen LogP contribution in [0.3, 0.4) is 0 Å². The van der Waals surface area contributed by atoms with Crippen molar-refractivity contribution in [3.05, 3.63) is 24.3 Å². The fraction of sp³-hybridized carbons (Fsp3) is 0.533. The largest absolute Gasteiger partial charge is 0.491 e. The SMILES string of the molecule is CCOCCOc1ccc(S(=O)(=O)N2CCC[C@@H]2C(=O)O)cc1. The Balaban J connectivity index is 2.07. The molecule has 128 valence electrons. The maximum atomic E-state index is 12.6. The molecule has 1 aliphatic heterocycles. The minimum Gasteiger partial charge on any atom is -0.491 e. The summed E-state index contributed by atoms with van der Waals surface area (Å²) in [5, 5.41) is 9.14. The molecule has 0 aromatic heterocycles. The quantitative estimate of drug-likeness (QED) is 0.716. The monoisotopic (exact) mass is 343 g/mol. The molecule has 1 atom stereocenters. The second-order valence-corrected chi connectivity index (χ2v) is 7.02. The third kappa shape index (κ3) is 4.21. The molecule has 1 aromatic carbocycles. The summed E-state index contributed by atoms with van der Waals surface area (Å²) in [6.07, 6.45) is 0.891. The van der Waals surface area contributed by atoms with Gasteiger partial charge in [-0.05, 0) is 44.0 Å². The molecule has 1 aromatic rings. The van der Waals surface area contributed by atoms with Gasteiger partial charge in [0.1, 0.15) is 18.4 Å². The lowest BCUT2D eigenvalue weighted by Crippen LogP contribution is -2.40. The van der Waals surface area contributed by atoms with Crippen molar-refractivity contribution in [1.29, 1.82) is 0 Å². The minimum atomic E-state index is -3.81. The molecular weight excluding hydrogens is 322 g/mol. The maximum absolute atomic E-state index is 12.6. The molecule has 2 rings (SSSR count). The van der Waals surface area contributed by atoms with Crippen LogP contribution in [0.15, 0.2) is 29.2 Å². The minimum absolute atomic E-state index is 0.0720. The van der Waals surface area contributed by atoms with Gasteiger partial charge in [0, 0.05) is 13.2 Å². The van der Waals surface area contributed by atoms with Gasteiger partial charge in [-0.25, -0.2) is 8.42 Å². The summed E-state index contributed by atoms with van der Waals surface area (Å²) < 4.78 is 36.8. The van der Waals surface area contributed by atoms with Crippen LogP contribution in [0.1, 0.15) is 19.8 Å². The van der Waals surface area contributed by atoms with Crippen LogP contribution in [0.4, 0.5) is 0 Å². The van der Waals surface area contributed by atoms with Crippen molar-refractivity contribution in [3.8, 4) is 5.75 Å². The summed E-state index contributed by atoms with van der Waals surface area (Å²) in [7, 11) is -3.81. The molecule has 0 spiro atoms. The van der Waals surface area contributed by atoms with Crippen LogP contribution in [0.2, 0.25) is 0 Å². The van der Waals surface area contributed by atoms with Crippen LogP contribution >= 0.6 is 0 Å². The highest BCUT2D eigenvalue weighted by atomic mass is 32.2. The van der Waals surface area contributed by atoms with Crippen LogP contribution in [0, 0.1) is 0 Å². The third-order valence-corrected chi connectivity index (χ3v) is 5.54. The van der Waals surface area contributed by atoms with Crippen LogP contribution in [0.25, 0.3) is 0 Å². The van der Waals surface area contributed by atoms with Crippen LogP contribution in [-0.4, -0.2) is 56.2 Å².